The lowest BCUT2D eigenvalue weighted by atomic mass is 9.96. The van der Waals surface area contributed by atoms with E-state index in [9.17, 15) is 9.59 Å². The van der Waals surface area contributed by atoms with Gasteiger partial charge < -0.3 is 21.7 Å². The molecule has 0 saturated carbocycles. The second kappa shape index (κ2) is 8.01. The molecule has 1 aliphatic rings. The van der Waals surface area contributed by atoms with E-state index in [4.69, 9.17) is 5.73 Å². The fourth-order valence-corrected chi connectivity index (χ4v) is 3.10. The molecule has 1 aliphatic heterocycles. The van der Waals surface area contributed by atoms with E-state index in [0.717, 1.165) is 13.0 Å². The van der Waals surface area contributed by atoms with Crippen molar-refractivity contribution in [3.05, 3.63) is 47.7 Å². The molecule has 138 valence electrons. The molecule has 26 heavy (non-hydrogen) atoms. The first kappa shape index (κ1) is 17.9. The molecule has 1 aromatic heterocycles. The SMILES string of the molecule is C[C@H](NC(=O)C1C[C@H](c2ccccc2)CN1)C(=O)NCc1cc(N)n[nH]1. The minimum absolute atomic E-state index is 0.156. The molecule has 3 atom stereocenters. The van der Waals surface area contributed by atoms with Crippen LogP contribution in [-0.2, 0) is 16.1 Å². The second-order valence-corrected chi connectivity index (χ2v) is 6.57. The first-order valence-electron chi connectivity index (χ1n) is 8.69. The Morgan fingerprint density at radius 2 is 2.12 bits per heavy atom. The van der Waals surface area contributed by atoms with Crippen LogP contribution in [0.2, 0.25) is 0 Å². The lowest BCUT2D eigenvalue weighted by molar-refractivity contribution is -0.129. The average molecular weight is 356 g/mol. The highest BCUT2D eigenvalue weighted by molar-refractivity contribution is 5.89. The summed E-state index contributed by atoms with van der Waals surface area (Å²) in [5.74, 6) is 0.263. The van der Waals surface area contributed by atoms with Gasteiger partial charge in [-0.2, -0.15) is 5.10 Å². The first-order chi connectivity index (χ1) is 12.5. The predicted molar refractivity (Wildman–Crippen MR) is 98.0 cm³/mol. The number of rotatable bonds is 6. The molecule has 2 heterocycles. The zero-order chi connectivity index (χ0) is 18.5. The van der Waals surface area contributed by atoms with Gasteiger partial charge in [0, 0.05) is 12.6 Å². The molecule has 8 nitrogen and oxygen atoms in total. The van der Waals surface area contributed by atoms with Crippen molar-refractivity contribution < 1.29 is 9.59 Å². The van der Waals surface area contributed by atoms with Gasteiger partial charge in [0.2, 0.25) is 11.8 Å². The number of carbonyl (C=O) groups is 2. The van der Waals surface area contributed by atoms with Gasteiger partial charge in [-0.1, -0.05) is 30.3 Å². The summed E-state index contributed by atoms with van der Waals surface area (Å²) < 4.78 is 0. The molecule has 1 unspecified atom stereocenters. The third kappa shape index (κ3) is 4.40. The monoisotopic (exact) mass is 356 g/mol. The van der Waals surface area contributed by atoms with E-state index in [-0.39, 0.29) is 24.4 Å². The van der Waals surface area contributed by atoms with Gasteiger partial charge in [0.05, 0.1) is 18.3 Å². The van der Waals surface area contributed by atoms with Gasteiger partial charge in [-0.05, 0) is 24.8 Å². The number of aromatic nitrogens is 2. The van der Waals surface area contributed by atoms with Crippen molar-refractivity contribution >= 4 is 17.6 Å². The topological polar surface area (TPSA) is 125 Å². The van der Waals surface area contributed by atoms with Gasteiger partial charge in [0.15, 0.2) is 0 Å². The van der Waals surface area contributed by atoms with Crippen LogP contribution in [0.4, 0.5) is 5.82 Å². The van der Waals surface area contributed by atoms with Crippen molar-refractivity contribution in [3.8, 4) is 0 Å². The number of nitrogens with one attached hydrogen (secondary N) is 4. The number of H-pyrrole nitrogens is 1. The zero-order valence-corrected chi connectivity index (χ0v) is 14.7. The average Bonchev–Trinajstić information content (AvgIpc) is 3.29. The lowest BCUT2D eigenvalue weighted by Crippen LogP contribution is -2.49. The van der Waals surface area contributed by atoms with Crippen LogP contribution in [0.5, 0.6) is 0 Å². The smallest absolute Gasteiger partial charge is 0.242 e. The number of nitrogens with two attached hydrogens (primary N) is 1. The van der Waals surface area contributed by atoms with Gasteiger partial charge in [-0.3, -0.25) is 14.7 Å². The van der Waals surface area contributed by atoms with Crippen LogP contribution >= 0.6 is 0 Å². The van der Waals surface area contributed by atoms with Crippen molar-refractivity contribution in [1.29, 1.82) is 0 Å². The normalized spacial score (nSPS) is 20.5. The molecule has 2 amide bonds. The van der Waals surface area contributed by atoms with Crippen LogP contribution < -0.4 is 21.7 Å². The highest BCUT2D eigenvalue weighted by atomic mass is 16.2. The van der Waals surface area contributed by atoms with E-state index < -0.39 is 6.04 Å². The summed E-state index contributed by atoms with van der Waals surface area (Å²) in [6.07, 6.45) is 0.720. The lowest BCUT2D eigenvalue weighted by Gasteiger charge is -2.17. The maximum Gasteiger partial charge on any atom is 0.242 e. The van der Waals surface area contributed by atoms with Crippen LogP contribution in [0.15, 0.2) is 36.4 Å². The summed E-state index contributed by atoms with van der Waals surface area (Å²) >= 11 is 0. The molecular formula is C18H24N6O2. The third-order valence-corrected chi connectivity index (χ3v) is 4.57. The molecule has 0 radical (unpaired) electrons. The Hall–Kier alpha value is -2.87. The zero-order valence-electron chi connectivity index (χ0n) is 14.7. The fourth-order valence-electron chi connectivity index (χ4n) is 3.10. The minimum atomic E-state index is -0.625. The molecule has 8 heteroatoms. The summed E-state index contributed by atoms with van der Waals surface area (Å²) in [6.45, 7) is 2.70. The van der Waals surface area contributed by atoms with Crippen LogP contribution in [0.3, 0.4) is 0 Å². The summed E-state index contributed by atoms with van der Waals surface area (Å²) in [4.78, 5) is 24.6. The molecule has 1 aromatic carbocycles. The van der Waals surface area contributed by atoms with Crippen molar-refractivity contribution in [1.82, 2.24) is 26.1 Å². The summed E-state index contributed by atoms with van der Waals surface area (Å²) in [7, 11) is 0. The Kier molecular flexibility index (Phi) is 5.52. The van der Waals surface area contributed by atoms with Crippen LogP contribution in [0.25, 0.3) is 0 Å². The van der Waals surface area contributed by atoms with E-state index in [0.29, 0.717) is 17.4 Å². The predicted octanol–water partition coefficient (Wildman–Crippen LogP) is 0.259. The number of amides is 2. The summed E-state index contributed by atoms with van der Waals surface area (Å²) in [5, 5.41) is 15.3. The number of carbonyl (C=O) groups excluding carboxylic acids is 2. The molecule has 0 aliphatic carbocycles. The first-order valence-corrected chi connectivity index (χ1v) is 8.69. The Labute approximate surface area is 151 Å². The number of hydrogen-bond acceptors (Lipinski definition) is 5. The van der Waals surface area contributed by atoms with E-state index in [2.05, 4.69) is 38.3 Å². The molecule has 3 rings (SSSR count). The molecule has 2 aromatic rings. The number of nitrogen functional groups attached to an aromatic ring is 1. The Balaban J connectivity index is 1.46. The highest BCUT2D eigenvalue weighted by Gasteiger charge is 2.31. The third-order valence-electron chi connectivity index (χ3n) is 4.57. The quantitative estimate of drug-likeness (QED) is 0.508. The van der Waals surface area contributed by atoms with Crippen LogP contribution in [-0.4, -0.2) is 40.6 Å². The maximum absolute atomic E-state index is 12.4. The second-order valence-electron chi connectivity index (χ2n) is 6.57. The Morgan fingerprint density at radius 3 is 2.81 bits per heavy atom. The van der Waals surface area contributed by atoms with Crippen LogP contribution in [0, 0.1) is 0 Å². The standard InChI is InChI=1S/C18H24N6O2/c1-11(17(25)21-10-14-8-16(19)24-23-14)22-18(26)15-7-13(9-20-15)12-5-3-2-4-6-12/h2-6,8,11,13,15,20H,7,9-10H2,1H3,(H,21,25)(H,22,26)(H3,19,23,24)/t11-,13-,15?/m0/s1. The summed E-state index contributed by atoms with van der Waals surface area (Å²) in [5.41, 5.74) is 7.44. The van der Waals surface area contributed by atoms with Crippen molar-refractivity contribution in [2.45, 2.75) is 37.9 Å². The highest BCUT2D eigenvalue weighted by Crippen LogP contribution is 2.25. The Bertz CT molecular complexity index is 760. The fraction of sp³-hybridized carbons (Fsp3) is 0.389. The van der Waals surface area contributed by atoms with Crippen molar-refractivity contribution in [2.75, 3.05) is 12.3 Å². The van der Waals surface area contributed by atoms with Gasteiger partial charge in [-0.25, -0.2) is 0 Å². The largest absolute Gasteiger partial charge is 0.382 e. The summed E-state index contributed by atoms with van der Waals surface area (Å²) in [6, 6.07) is 10.9. The van der Waals surface area contributed by atoms with Crippen molar-refractivity contribution in [2.24, 2.45) is 0 Å². The number of aromatic amines is 1. The molecule has 0 spiro atoms. The number of nitrogens with zero attached hydrogens (tertiary/aromatic N) is 1. The molecule has 1 fully saturated rings. The van der Waals surface area contributed by atoms with Gasteiger partial charge in [0.25, 0.3) is 0 Å². The van der Waals surface area contributed by atoms with Gasteiger partial charge in [-0.15, -0.1) is 0 Å². The van der Waals surface area contributed by atoms with Crippen molar-refractivity contribution in [3.63, 3.8) is 0 Å². The molecule has 1 saturated heterocycles. The van der Waals surface area contributed by atoms with E-state index in [1.807, 2.05) is 18.2 Å². The van der Waals surface area contributed by atoms with E-state index in [1.165, 1.54) is 5.56 Å². The Morgan fingerprint density at radius 1 is 1.35 bits per heavy atom. The van der Waals surface area contributed by atoms with E-state index in [1.54, 1.807) is 13.0 Å². The number of hydrogen-bond donors (Lipinski definition) is 5. The maximum atomic E-state index is 12.4. The molecule has 6 N–H and O–H groups in total. The van der Waals surface area contributed by atoms with Crippen LogP contribution in [0.1, 0.15) is 30.5 Å². The minimum Gasteiger partial charge on any atom is -0.382 e. The van der Waals surface area contributed by atoms with E-state index >= 15 is 0 Å². The molecule has 0 bridgehead atoms. The van der Waals surface area contributed by atoms with Gasteiger partial charge >= 0.3 is 0 Å². The van der Waals surface area contributed by atoms with Gasteiger partial charge in [0.1, 0.15) is 11.9 Å². The number of anilines is 1. The molecular weight excluding hydrogens is 332 g/mol. The number of benzene rings is 1.